The van der Waals surface area contributed by atoms with Gasteiger partial charge in [-0.15, -0.1) is 0 Å². The quantitative estimate of drug-likeness (QED) is 0.388. The highest BCUT2D eigenvalue weighted by atomic mass is 16.5. The van der Waals surface area contributed by atoms with E-state index in [4.69, 9.17) is 9.47 Å². The number of ether oxygens (including phenoxy) is 2. The minimum Gasteiger partial charge on any atom is -0.457 e. The van der Waals surface area contributed by atoms with Gasteiger partial charge < -0.3 is 9.47 Å². The molecule has 3 aromatic carbocycles. The van der Waals surface area contributed by atoms with Gasteiger partial charge in [-0.25, -0.2) is 0 Å². The largest absolute Gasteiger partial charge is 0.457 e. The molecule has 0 N–H and O–H groups in total. The van der Waals surface area contributed by atoms with E-state index >= 15 is 0 Å². The molecule has 0 aliphatic rings. The van der Waals surface area contributed by atoms with Crippen molar-refractivity contribution >= 4 is 11.8 Å². The molecule has 0 heterocycles. The van der Waals surface area contributed by atoms with E-state index < -0.39 is 0 Å². The Hall–Kier alpha value is -3.40. The first kappa shape index (κ1) is 16.5. The molecule has 0 saturated carbocycles. The Morgan fingerprint density at radius 2 is 1.32 bits per heavy atom. The number of ketones is 1. The first-order valence-electron chi connectivity index (χ1n) is 7.78. The van der Waals surface area contributed by atoms with Crippen molar-refractivity contribution < 1.29 is 19.1 Å². The van der Waals surface area contributed by atoms with Crippen LogP contribution in [0.15, 0.2) is 78.9 Å². The summed E-state index contributed by atoms with van der Waals surface area (Å²) in [6.07, 6.45) is 0. The molecule has 0 saturated heterocycles. The summed E-state index contributed by atoms with van der Waals surface area (Å²) < 4.78 is 10.8. The molecule has 25 heavy (non-hydrogen) atoms. The molecule has 3 rings (SSSR count). The molecule has 0 aliphatic heterocycles. The van der Waals surface area contributed by atoms with E-state index in [0.717, 1.165) is 0 Å². The number of carbonyl (C=O) groups is 2. The maximum Gasteiger partial charge on any atom is 0.308 e. The van der Waals surface area contributed by atoms with Crippen molar-refractivity contribution in [3.8, 4) is 17.2 Å². The second-order valence-corrected chi connectivity index (χ2v) is 5.36. The van der Waals surface area contributed by atoms with Crippen molar-refractivity contribution in [2.75, 3.05) is 0 Å². The lowest BCUT2D eigenvalue weighted by Crippen LogP contribution is -2.03. The van der Waals surface area contributed by atoms with Gasteiger partial charge in [0.05, 0.1) is 5.56 Å². The van der Waals surface area contributed by atoms with E-state index in [1.807, 2.05) is 24.3 Å². The van der Waals surface area contributed by atoms with Gasteiger partial charge in [-0.2, -0.15) is 0 Å². The maximum atomic E-state index is 12.7. The van der Waals surface area contributed by atoms with Gasteiger partial charge in [0.1, 0.15) is 17.2 Å². The fourth-order valence-corrected chi connectivity index (χ4v) is 2.36. The van der Waals surface area contributed by atoms with Crippen LogP contribution in [0.4, 0.5) is 0 Å². The molecule has 0 aliphatic carbocycles. The average molecular weight is 332 g/mol. The van der Waals surface area contributed by atoms with Gasteiger partial charge in [0.15, 0.2) is 5.78 Å². The molecule has 0 amide bonds. The molecule has 0 bridgehead atoms. The highest BCUT2D eigenvalue weighted by Crippen LogP contribution is 2.28. The van der Waals surface area contributed by atoms with E-state index in [1.54, 1.807) is 54.6 Å². The van der Waals surface area contributed by atoms with Gasteiger partial charge >= 0.3 is 5.97 Å². The summed E-state index contributed by atoms with van der Waals surface area (Å²) in [4.78, 5) is 23.6. The summed E-state index contributed by atoms with van der Waals surface area (Å²) in [5.41, 5.74) is 1.08. The molecule has 0 spiro atoms. The monoisotopic (exact) mass is 332 g/mol. The van der Waals surface area contributed by atoms with Gasteiger partial charge in [-0.3, -0.25) is 9.59 Å². The predicted molar refractivity (Wildman–Crippen MR) is 94.1 cm³/mol. The van der Waals surface area contributed by atoms with Crippen molar-refractivity contribution in [2.45, 2.75) is 6.92 Å². The maximum absolute atomic E-state index is 12.7. The third-order valence-electron chi connectivity index (χ3n) is 3.48. The van der Waals surface area contributed by atoms with Crippen LogP contribution >= 0.6 is 0 Å². The molecule has 124 valence electrons. The Labute approximate surface area is 145 Å². The number of carbonyl (C=O) groups excluding carboxylic acids is 2. The molecule has 0 aromatic heterocycles. The van der Waals surface area contributed by atoms with E-state index in [2.05, 4.69) is 0 Å². The van der Waals surface area contributed by atoms with Gasteiger partial charge in [0.25, 0.3) is 0 Å². The topological polar surface area (TPSA) is 52.6 Å². The average Bonchev–Trinajstić information content (AvgIpc) is 2.63. The normalized spacial score (nSPS) is 10.1. The Bertz CT molecular complexity index is 883. The van der Waals surface area contributed by atoms with Gasteiger partial charge in [0.2, 0.25) is 0 Å². The highest BCUT2D eigenvalue weighted by Gasteiger charge is 2.14. The van der Waals surface area contributed by atoms with Crippen LogP contribution in [0.5, 0.6) is 17.2 Å². The summed E-state index contributed by atoms with van der Waals surface area (Å²) in [5, 5.41) is 0. The first-order chi connectivity index (χ1) is 12.1. The molecule has 0 unspecified atom stereocenters. The van der Waals surface area contributed by atoms with Crippen LogP contribution in [-0.2, 0) is 4.79 Å². The smallest absolute Gasteiger partial charge is 0.308 e. The van der Waals surface area contributed by atoms with Crippen LogP contribution in [0.1, 0.15) is 22.8 Å². The molecule has 0 atom stereocenters. The molecule has 4 nitrogen and oxygen atoms in total. The Morgan fingerprint density at radius 3 is 2.00 bits per heavy atom. The molecule has 3 aromatic rings. The van der Waals surface area contributed by atoms with Gasteiger partial charge in [-0.05, 0) is 36.4 Å². The minimum atomic E-state index is -0.382. The number of hydrogen-bond acceptors (Lipinski definition) is 4. The van der Waals surface area contributed by atoms with Crippen molar-refractivity contribution in [3.05, 3.63) is 90.0 Å². The third-order valence-corrected chi connectivity index (χ3v) is 3.48. The Kier molecular flexibility index (Phi) is 4.90. The lowest BCUT2D eigenvalue weighted by Gasteiger charge is -2.11. The van der Waals surface area contributed by atoms with Crippen LogP contribution in [0.2, 0.25) is 0 Å². The second-order valence-electron chi connectivity index (χ2n) is 5.36. The number of benzene rings is 3. The minimum absolute atomic E-state index is 0.104. The van der Waals surface area contributed by atoms with E-state index in [0.29, 0.717) is 28.4 Å². The van der Waals surface area contributed by atoms with E-state index in [-0.39, 0.29) is 11.8 Å². The summed E-state index contributed by atoms with van der Waals surface area (Å²) >= 11 is 0. The third kappa shape index (κ3) is 4.12. The van der Waals surface area contributed by atoms with Crippen molar-refractivity contribution in [3.63, 3.8) is 0 Å². The fraction of sp³-hybridized carbons (Fsp3) is 0.0476. The van der Waals surface area contributed by atoms with E-state index in [9.17, 15) is 9.59 Å². The molecule has 0 fully saturated rings. The van der Waals surface area contributed by atoms with Crippen LogP contribution in [0, 0.1) is 0 Å². The molecular formula is C21H16O4. The molecule has 4 heteroatoms. The van der Waals surface area contributed by atoms with Crippen molar-refractivity contribution in [1.29, 1.82) is 0 Å². The first-order valence-corrected chi connectivity index (χ1v) is 7.78. The van der Waals surface area contributed by atoms with Crippen molar-refractivity contribution in [2.24, 2.45) is 0 Å². The zero-order chi connectivity index (χ0) is 17.6. The molecular weight excluding hydrogens is 316 g/mol. The van der Waals surface area contributed by atoms with Crippen LogP contribution in [0.3, 0.4) is 0 Å². The lowest BCUT2D eigenvalue weighted by atomic mass is 10.0. The van der Waals surface area contributed by atoms with Crippen LogP contribution in [0.25, 0.3) is 0 Å². The fourth-order valence-electron chi connectivity index (χ4n) is 2.36. The number of para-hydroxylation sites is 1. The number of esters is 1. The predicted octanol–water partition coefficient (Wildman–Crippen LogP) is 4.64. The zero-order valence-electron chi connectivity index (χ0n) is 13.6. The zero-order valence-corrected chi connectivity index (χ0v) is 13.6. The standard InChI is InChI=1S/C21H16O4/c1-15(22)24-17-11-13-18(14-12-17)25-20-10-6-5-9-19(20)21(23)16-7-3-2-4-8-16/h2-14H,1H3. The summed E-state index contributed by atoms with van der Waals surface area (Å²) in [5.74, 6) is 0.967. The highest BCUT2D eigenvalue weighted by molar-refractivity contribution is 6.10. The summed E-state index contributed by atoms with van der Waals surface area (Å²) in [6, 6.07) is 22.8. The van der Waals surface area contributed by atoms with Gasteiger partial charge in [-0.1, -0.05) is 42.5 Å². The Balaban J connectivity index is 1.84. The van der Waals surface area contributed by atoms with Crippen LogP contribution in [-0.4, -0.2) is 11.8 Å². The number of rotatable bonds is 5. The molecule has 0 radical (unpaired) electrons. The second kappa shape index (κ2) is 7.45. The van der Waals surface area contributed by atoms with E-state index in [1.165, 1.54) is 6.92 Å². The van der Waals surface area contributed by atoms with Gasteiger partial charge in [0, 0.05) is 12.5 Å². The summed E-state index contributed by atoms with van der Waals surface area (Å²) in [6.45, 7) is 1.34. The lowest BCUT2D eigenvalue weighted by molar-refractivity contribution is -0.131. The number of hydrogen-bond donors (Lipinski definition) is 0. The van der Waals surface area contributed by atoms with Crippen LogP contribution < -0.4 is 9.47 Å². The Morgan fingerprint density at radius 1 is 0.720 bits per heavy atom. The SMILES string of the molecule is CC(=O)Oc1ccc(Oc2ccccc2C(=O)c2ccccc2)cc1. The summed E-state index contributed by atoms with van der Waals surface area (Å²) in [7, 11) is 0. The van der Waals surface area contributed by atoms with Crippen molar-refractivity contribution in [1.82, 2.24) is 0 Å².